The van der Waals surface area contributed by atoms with Gasteiger partial charge in [0.25, 0.3) is 5.91 Å². The van der Waals surface area contributed by atoms with Crippen LogP contribution < -0.4 is 4.90 Å². The maximum absolute atomic E-state index is 13.5. The molecular weight excluding hydrogens is 515 g/mol. The average Bonchev–Trinajstić information content (AvgIpc) is 3.60. The summed E-state index contributed by atoms with van der Waals surface area (Å²) in [7, 11) is -3.91. The smallest absolute Gasteiger partial charge is 0.266 e. The lowest BCUT2D eigenvalue weighted by molar-refractivity contribution is -0.122. The molecule has 2 aliphatic heterocycles. The molecule has 7 nitrogen and oxygen atoms in total. The lowest BCUT2D eigenvalue weighted by atomic mass is 10.1. The number of carbonyl (C=O) groups is 1. The predicted octanol–water partition coefficient (Wildman–Crippen LogP) is 4.86. The highest BCUT2D eigenvalue weighted by molar-refractivity contribution is 8.26. The Morgan fingerprint density at radius 1 is 1.08 bits per heavy atom. The molecule has 0 spiro atoms. The summed E-state index contributed by atoms with van der Waals surface area (Å²) in [6.45, 7) is 3.74. The Morgan fingerprint density at radius 3 is 2.47 bits per heavy atom. The first-order valence-electron chi connectivity index (χ1n) is 11.7. The number of carbonyl (C=O) groups excluding carboxylic acids is 1. The van der Waals surface area contributed by atoms with E-state index in [1.807, 2.05) is 42.2 Å². The third-order valence-electron chi connectivity index (χ3n) is 6.17. The summed E-state index contributed by atoms with van der Waals surface area (Å²) in [6.07, 6.45) is 4.06. The van der Waals surface area contributed by atoms with Crippen molar-refractivity contribution in [3.8, 4) is 0 Å². The Balaban J connectivity index is 1.44. The van der Waals surface area contributed by atoms with Gasteiger partial charge in [0.05, 0.1) is 9.80 Å². The molecule has 2 fully saturated rings. The lowest BCUT2D eigenvalue weighted by Crippen LogP contribution is -2.30. The molecule has 1 amide bonds. The first-order chi connectivity index (χ1) is 17.3. The molecular formula is C26H25N3O4S3. The topological polar surface area (TPSA) is 83.7 Å². The lowest BCUT2D eigenvalue weighted by Gasteiger charge is -2.14. The maximum atomic E-state index is 13.5. The van der Waals surface area contributed by atoms with Crippen molar-refractivity contribution in [2.75, 3.05) is 24.5 Å². The van der Waals surface area contributed by atoms with Crippen molar-refractivity contribution in [1.82, 2.24) is 9.88 Å². The average molecular weight is 540 g/mol. The van der Waals surface area contributed by atoms with Gasteiger partial charge in [-0.25, -0.2) is 8.42 Å². The molecule has 2 aliphatic rings. The summed E-state index contributed by atoms with van der Waals surface area (Å²) in [5.41, 5.74) is 2.08. The van der Waals surface area contributed by atoms with Crippen LogP contribution in [0.2, 0.25) is 0 Å². The van der Waals surface area contributed by atoms with Gasteiger partial charge in [-0.2, -0.15) is 4.98 Å². The van der Waals surface area contributed by atoms with Crippen molar-refractivity contribution in [2.24, 2.45) is 0 Å². The minimum Gasteiger partial charge on any atom is -0.420 e. The largest absolute Gasteiger partial charge is 0.420 e. The number of thiocarbonyl (C=S) groups is 1. The number of sulfone groups is 1. The highest BCUT2D eigenvalue weighted by Crippen LogP contribution is 2.36. The molecule has 1 aromatic heterocycles. The zero-order chi connectivity index (χ0) is 25.3. The van der Waals surface area contributed by atoms with Crippen LogP contribution in [0.4, 0.5) is 5.88 Å². The zero-order valence-electron chi connectivity index (χ0n) is 19.7. The van der Waals surface area contributed by atoms with Crippen LogP contribution in [0, 0.1) is 6.92 Å². The molecule has 0 bridgehead atoms. The Bertz CT molecular complexity index is 1420. The maximum Gasteiger partial charge on any atom is 0.266 e. The van der Waals surface area contributed by atoms with Crippen molar-refractivity contribution in [3.63, 3.8) is 0 Å². The summed E-state index contributed by atoms with van der Waals surface area (Å²) in [4.78, 5) is 21.4. The Kier molecular flexibility index (Phi) is 7.00. The Morgan fingerprint density at radius 2 is 1.78 bits per heavy atom. The number of hydrogen-bond acceptors (Lipinski definition) is 8. The van der Waals surface area contributed by atoms with Crippen molar-refractivity contribution in [3.05, 3.63) is 76.5 Å². The number of hydrogen-bond donors (Lipinski definition) is 0. The fourth-order valence-corrected chi connectivity index (χ4v) is 6.79. The van der Waals surface area contributed by atoms with Crippen molar-refractivity contribution >= 4 is 56.0 Å². The standard InChI is InChI=1S/C26H25N3O4S3/c1-18-9-11-20(12-10-18)36(31,32)23-25(28-14-5-6-15-28)33-22(27-23)17-21-24(30)29(26(34)35-21)16-13-19-7-3-2-4-8-19/h2-4,7-12,17H,5-6,13-16H2,1H3. The number of rotatable bonds is 7. The van der Waals surface area contributed by atoms with Crippen LogP contribution in [0.15, 0.2) is 73.8 Å². The molecule has 3 heterocycles. The number of nitrogens with zero attached hydrogens (tertiary/aromatic N) is 3. The van der Waals surface area contributed by atoms with Gasteiger partial charge in [-0.15, -0.1) is 0 Å². The molecule has 10 heteroatoms. The van der Waals surface area contributed by atoms with E-state index in [1.54, 1.807) is 29.2 Å². The van der Waals surface area contributed by atoms with Crippen LogP contribution >= 0.6 is 24.0 Å². The van der Waals surface area contributed by atoms with Gasteiger partial charge in [-0.3, -0.25) is 9.69 Å². The number of aromatic nitrogens is 1. The van der Waals surface area contributed by atoms with E-state index >= 15 is 0 Å². The summed E-state index contributed by atoms with van der Waals surface area (Å²) in [5.74, 6) is 0.0647. The molecule has 186 valence electrons. The fourth-order valence-electron chi connectivity index (χ4n) is 4.19. The van der Waals surface area contributed by atoms with Gasteiger partial charge in [0.15, 0.2) is 0 Å². The van der Waals surface area contributed by atoms with Crippen molar-refractivity contribution < 1.29 is 17.6 Å². The minimum absolute atomic E-state index is 0.0751. The molecule has 0 atom stereocenters. The van der Waals surface area contributed by atoms with Crippen LogP contribution in [0.5, 0.6) is 0 Å². The fraction of sp³-hybridized carbons (Fsp3) is 0.269. The quantitative estimate of drug-likeness (QED) is 0.311. The SMILES string of the molecule is Cc1ccc(S(=O)(=O)c2nc(C=C3SC(=S)N(CCc4ccccc4)C3=O)oc2N2CCCC2)cc1. The molecule has 3 aromatic rings. The third-order valence-corrected chi connectivity index (χ3v) is 9.22. The van der Waals surface area contributed by atoms with E-state index < -0.39 is 9.84 Å². The van der Waals surface area contributed by atoms with E-state index in [-0.39, 0.29) is 27.6 Å². The number of benzene rings is 2. The Hall–Kier alpha value is -2.95. The van der Waals surface area contributed by atoms with Crippen LogP contribution in [0.3, 0.4) is 0 Å². The second-order valence-corrected chi connectivity index (χ2v) is 12.3. The van der Waals surface area contributed by atoms with Crippen LogP contribution in [0.1, 0.15) is 29.9 Å². The summed E-state index contributed by atoms with van der Waals surface area (Å²) < 4.78 is 33.4. The normalized spacial score (nSPS) is 17.5. The third kappa shape index (κ3) is 4.98. The first-order valence-corrected chi connectivity index (χ1v) is 14.4. The molecule has 0 radical (unpaired) electrons. The van der Waals surface area contributed by atoms with Crippen LogP contribution in [-0.4, -0.2) is 48.2 Å². The number of aryl methyl sites for hydroxylation is 1. The summed E-state index contributed by atoms with van der Waals surface area (Å²) >= 11 is 6.62. The molecule has 0 N–H and O–H groups in total. The second-order valence-electron chi connectivity index (χ2n) is 8.74. The minimum atomic E-state index is -3.91. The molecule has 0 saturated carbocycles. The second kappa shape index (κ2) is 10.2. The van der Waals surface area contributed by atoms with Crippen molar-refractivity contribution in [1.29, 1.82) is 0 Å². The number of amides is 1. The van der Waals surface area contributed by atoms with Gasteiger partial charge in [0.1, 0.15) is 4.32 Å². The number of oxazole rings is 1. The van der Waals surface area contributed by atoms with Crippen LogP contribution in [0.25, 0.3) is 6.08 Å². The monoisotopic (exact) mass is 539 g/mol. The van der Waals surface area contributed by atoms with Gasteiger partial charge >= 0.3 is 0 Å². The molecule has 2 saturated heterocycles. The van der Waals surface area contributed by atoms with E-state index in [4.69, 9.17) is 16.6 Å². The van der Waals surface area contributed by atoms with Crippen LogP contribution in [-0.2, 0) is 21.1 Å². The number of thioether (sulfide) groups is 1. The zero-order valence-corrected chi connectivity index (χ0v) is 22.2. The van der Waals surface area contributed by atoms with Gasteiger partial charge in [-0.05, 0) is 43.9 Å². The predicted molar refractivity (Wildman–Crippen MR) is 145 cm³/mol. The van der Waals surface area contributed by atoms with E-state index in [0.29, 0.717) is 35.3 Å². The highest BCUT2D eigenvalue weighted by Gasteiger charge is 2.35. The molecule has 36 heavy (non-hydrogen) atoms. The molecule has 2 aromatic carbocycles. The first kappa shape index (κ1) is 24.7. The molecule has 0 unspecified atom stereocenters. The van der Waals surface area contributed by atoms with Gasteiger partial charge in [0, 0.05) is 25.7 Å². The summed E-state index contributed by atoms with van der Waals surface area (Å²) in [5, 5.41) is -0.126. The van der Waals surface area contributed by atoms with Crippen molar-refractivity contribution in [2.45, 2.75) is 36.1 Å². The summed E-state index contributed by atoms with van der Waals surface area (Å²) in [6, 6.07) is 16.5. The van der Waals surface area contributed by atoms with Gasteiger partial charge < -0.3 is 9.32 Å². The van der Waals surface area contributed by atoms with E-state index in [9.17, 15) is 13.2 Å². The van der Waals surface area contributed by atoms with Gasteiger partial charge in [0.2, 0.25) is 26.6 Å². The van der Waals surface area contributed by atoms with Gasteiger partial charge in [-0.1, -0.05) is 72.0 Å². The molecule has 0 aliphatic carbocycles. The molecule has 5 rings (SSSR count). The Labute approximate surface area is 220 Å². The number of anilines is 1. The van der Waals surface area contributed by atoms with E-state index in [0.717, 1.165) is 24.0 Å². The van der Waals surface area contributed by atoms with E-state index in [1.165, 1.54) is 17.8 Å². The van der Waals surface area contributed by atoms with E-state index in [2.05, 4.69) is 4.98 Å². The highest BCUT2D eigenvalue weighted by atomic mass is 32.2.